The maximum Gasteiger partial charge on any atom is 0.244 e. The number of hydrogen-bond acceptors (Lipinski definition) is 5. The molecule has 1 amide bonds. The van der Waals surface area contributed by atoms with Gasteiger partial charge in [-0.05, 0) is 37.3 Å². The Labute approximate surface area is 162 Å². The molecule has 0 aliphatic rings. The molecule has 0 radical (unpaired) electrons. The SMILES string of the molecule is Cc1ccc(S(=O)(=O)NCCNC(=O)C=Cc2nc3ccccc3s2)cc1. The molecular formula is C19H19N3O3S2. The smallest absolute Gasteiger partial charge is 0.244 e. The molecule has 1 heterocycles. The van der Waals surface area contributed by atoms with E-state index in [2.05, 4.69) is 15.0 Å². The van der Waals surface area contributed by atoms with Crippen molar-refractivity contribution < 1.29 is 13.2 Å². The monoisotopic (exact) mass is 401 g/mol. The fourth-order valence-electron chi connectivity index (χ4n) is 2.34. The molecule has 140 valence electrons. The zero-order valence-corrected chi connectivity index (χ0v) is 16.3. The van der Waals surface area contributed by atoms with Crippen LogP contribution in [-0.4, -0.2) is 32.4 Å². The molecule has 0 saturated heterocycles. The predicted octanol–water partition coefficient (Wildman–Crippen LogP) is 2.71. The summed E-state index contributed by atoms with van der Waals surface area (Å²) in [5, 5.41) is 3.39. The van der Waals surface area contributed by atoms with Crippen LogP contribution >= 0.6 is 11.3 Å². The number of hydrogen-bond donors (Lipinski definition) is 2. The largest absolute Gasteiger partial charge is 0.351 e. The van der Waals surface area contributed by atoms with Gasteiger partial charge in [-0.2, -0.15) is 0 Å². The second kappa shape index (κ2) is 8.43. The van der Waals surface area contributed by atoms with Crippen LogP contribution in [0.1, 0.15) is 10.6 Å². The van der Waals surface area contributed by atoms with E-state index in [1.807, 2.05) is 31.2 Å². The first-order chi connectivity index (χ1) is 12.9. The van der Waals surface area contributed by atoms with Gasteiger partial charge in [-0.1, -0.05) is 29.8 Å². The number of nitrogens with zero attached hydrogens (tertiary/aromatic N) is 1. The Bertz CT molecular complexity index is 1040. The summed E-state index contributed by atoms with van der Waals surface area (Å²) < 4.78 is 27.8. The Morgan fingerprint density at radius 1 is 1.11 bits per heavy atom. The summed E-state index contributed by atoms with van der Waals surface area (Å²) in [4.78, 5) is 16.5. The first-order valence-electron chi connectivity index (χ1n) is 8.32. The summed E-state index contributed by atoms with van der Waals surface area (Å²) in [5.41, 5.74) is 1.88. The Kier molecular flexibility index (Phi) is 6.00. The second-order valence-electron chi connectivity index (χ2n) is 5.86. The van der Waals surface area contributed by atoms with Crippen molar-refractivity contribution in [2.45, 2.75) is 11.8 Å². The van der Waals surface area contributed by atoms with Crippen LogP contribution in [0.2, 0.25) is 0 Å². The van der Waals surface area contributed by atoms with Gasteiger partial charge in [0.05, 0.1) is 15.1 Å². The summed E-state index contributed by atoms with van der Waals surface area (Å²) in [6, 6.07) is 14.3. The minimum Gasteiger partial charge on any atom is -0.351 e. The van der Waals surface area contributed by atoms with Gasteiger partial charge in [0.15, 0.2) is 0 Å². The molecule has 0 unspecified atom stereocenters. The van der Waals surface area contributed by atoms with Crippen molar-refractivity contribution in [3.63, 3.8) is 0 Å². The summed E-state index contributed by atoms with van der Waals surface area (Å²) in [6.07, 6.45) is 3.04. The molecule has 6 nitrogen and oxygen atoms in total. The number of nitrogens with one attached hydrogen (secondary N) is 2. The van der Waals surface area contributed by atoms with Gasteiger partial charge >= 0.3 is 0 Å². The van der Waals surface area contributed by atoms with E-state index in [0.29, 0.717) is 0 Å². The topological polar surface area (TPSA) is 88.2 Å². The molecule has 3 rings (SSSR count). The zero-order chi connectivity index (χ0) is 19.3. The normalized spacial score (nSPS) is 11.9. The van der Waals surface area contributed by atoms with E-state index in [0.717, 1.165) is 20.8 Å². The molecule has 2 N–H and O–H groups in total. The van der Waals surface area contributed by atoms with E-state index in [4.69, 9.17) is 0 Å². The highest BCUT2D eigenvalue weighted by atomic mass is 32.2. The van der Waals surface area contributed by atoms with Crippen molar-refractivity contribution in [1.29, 1.82) is 0 Å². The van der Waals surface area contributed by atoms with E-state index < -0.39 is 10.0 Å². The molecule has 0 spiro atoms. The van der Waals surface area contributed by atoms with E-state index in [1.54, 1.807) is 30.3 Å². The highest BCUT2D eigenvalue weighted by Gasteiger charge is 2.12. The number of para-hydroxylation sites is 1. The quantitative estimate of drug-likeness (QED) is 0.471. The lowest BCUT2D eigenvalue weighted by Gasteiger charge is -2.07. The average molecular weight is 402 g/mol. The molecule has 0 bridgehead atoms. The lowest BCUT2D eigenvalue weighted by atomic mass is 10.2. The summed E-state index contributed by atoms with van der Waals surface area (Å²) in [6.45, 7) is 2.19. The van der Waals surface area contributed by atoms with Gasteiger partial charge in [0.2, 0.25) is 15.9 Å². The molecular weight excluding hydrogens is 382 g/mol. The average Bonchev–Trinajstić information content (AvgIpc) is 3.07. The van der Waals surface area contributed by atoms with Crippen LogP contribution in [-0.2, 0) is 14.8 Å². The van der Waals surface area contributed by atoms with E-state index >= 15 is 0 Å². The second-order valence-corrected chi connectivity index (χ2v) is 8.68. The minimum absolute atomic E-state index is 0.108. The maximum atomic E-state index is 12.1. The van der Waals surface area contributed by atoms with Crippen molar-refractivity contribution in [1.82, 2.24) is 15.0 Å². The molecule has 2 aromatic carbocycles. The van der Waals surface area contributed by atoms with Crippen LogP contribution < -0.4 is 10.0 Å². The number of aromatic nitrogens is 1. The van der Waals surface area contributed by atoms with Gasteiger partial charge in [-0.25, -0.2) is 18.1 Å². The third-order valence-electron chi connectivity index (χ3n) is 3.74. The number of benzene rings is 2. The van der Waals surface area contributed by atoms with Crippen LogP contribution in [0.5, 0.6) is 0 Å². The van der Waals surface area contributed by atoms with Crippen LogP contribution in [0, 0.1) is 6.92 Å². The third kappa shape index (κ3) is 5.22. The number of carbonyl (C=O) groups is 1. The molecule has 0 saturated carbocycles. The summed E-state index contributed by atoms with van der Waals surface area (Å²) in [5.74, 6) is -0.302. The number of aryl methyl sites for hydroxylation is 1. The van der Waals surface area contributed by atoms with Gasteiger partial charge in [-0.3, -0.25) is 4.79 Å². The first kappa shape index (κ1) is 19.2. The third-order valence-corrected chi connectivity index (χ3v) is 6.21. The van der Waals surface area contributed by atoms with Crippen LogP contribution in [0.25, 0.3) is 16.3 Å². The Balaban J connectivity index is 1.47. The molecule has 1 aromatic heterocycles. The first-order valence-corrected chi connectivity index (χ1v) is 10.6. The van der Waals surface area contributed by atoms with Crippen molar-refractivity contribution in [3.05, 3.63) is 65.2 Å². The fraction of sp³-hybridized carbons (Fsp3) is 0.158. The highest BCUT2D eigenvalue weighted by molar-refractivity contribution is 7.89. The lowest BCUT2D eigenvalue weighted by molar-refractivity contribution is -0.116. The minimum atomic E-state index is -3.57. The van der Waals surface area contributed by atoms with Crippen molar-refractivity contribution in [3.8, 4) is 0 Å². The Hall–Kier alpha value is -2.55. The summed E-state index contributed by atoms with van der Waals surface area (Å²) in [7, 11) is -3.57. The molecule has 8 heteroatoms. The Morgan fingerprint density at radius 3 is 2.59 bits per heavy atom. The number of thiazole rings is 1. The van der Waals surface area contributed by atoms with E-state index in [9.17, 15) is 13.2 Å². The van der Waals surface area contributed by atoms with Gasteiger partial charge in [0, 0.05) is 19.2 Å². The lowest BCUT2D eigenvalue weighted by Crippen LogP contribution is -2.34. The zero-order valence-electron chi connectivity index (χ0n) is 14.7. The fourth-order valence-corrected chi connectivity index (χ4v) is 4.24. The number of rotatable bonds is 7. The molecule has 0 aliphatic carbocycles. The number of sulfonamides is 1. The van der Waals surface area contributed by atoms with Crippen molar-refractivity contribution in [2.75, 3.05) is 13.1 Å². The predicted molar refractivity (Wildman–Crippen MR) is 108 cm³/mol. The molecule has 3 aromatic rings. The van der Waals surface area contributed by atoms with Crippen LogP contribution in [0.3, 0.4) is 0 Å². The van der Waals surface area contributed by atoms with Crippen molar-refractivity contribution >= 4 is 43.6 Å². The Morgan fingerprint density at radius 2 is 1.85 bits per heavy atom. The standard InChI is InChI=1S/C19H19N3O3S2/c1-14-6-8-15(9-7-14)27(24,25)21-13-12-20-18(23)10-11-19-22-16-4-2-3-5-17(16)26-19/h2-11,21H,12-13H2,1H3,(H,20,23). The number of fused-ring (bicyclic) bond motifs is 1. The summed E-state index contributed by atoms with van der Waals surface area (Å²) >= 11 is 1.50. The van der Waals surface area contributed by atoms with E-state index in [1.165, 1.54) is 17.4 Å². The van der Waals surface area contributed by atoms with Crippen LogP contribution in [0.15, 0.2) is 59.5 Å². The van der Waals surface area contributed by atoms with Crippen LogP contribution in [0.4, 0.5) is 0 Å². The number of carbonyl (C=O) groups excluding carboxylic acids is 1. The van der Waals surface area contributed by atoms with Gasteiger partial charge in [0.25, 0.3) is 0 Å². The molecule has 27 heavy (non-hydrogen) atoms. The highest BCUT2D eigenvalue weighted by Crippen LogP contribution is 2.22. The van der Waals surface area contributed by atoms with Gasteiger partial charge < -0.3 is 5.32 Å². The molecule has 0 aliphatic heterocycles. The van der Waals surface area contributed by atoms with Gasteiger partial charge in [-0.15, -0.1) is 11.3 Å². The van der Waals surface area contributed by atoms with E-state index in [-0.39, 0.29) is 23.9 Å². The van der Waals surface area contributed by atoms with Crippen molar-refractivity contribution in [2.24, 2.45) is 0 Å². The molecule has 0 atom stereocenters. The van der Waals surface area contributed by atoms with Gasteiger partial charge in [0.1, 0.15) is 5.01 Å². The molecule has 0 fully saturated rings. The maximum absolute atomic E-state index is 12.1. The number of amides is 1.